The number of aryl methyl sites for hydroxylation is 1. The Morgan fingerprint density at radius 3 is 2.41 bits per heavy atom. The van der Waals surface area contributed by atoms with Gasteiger partial charge in [-0.15, -0.1) is 0 Å². The monoisotopic (exact) mass is 482 g/mol. The number of rotatable bonds is 5. The van der Waals surface area contributed by atoms with Crippen molar-refractivity contribution in [3.05, 3.63) is 81.9 Å². The maximum absolute atomic E-state index is 13.9. The van der Waals surface area contributed by atoms with Crippen LogP contribution in [0.5, 0.6) is 0 Å². The van der Waals surface area contributed by atoms with Crippen molar-refractivity contribution in [2.45, 2.75) is 44.6 Å². The first-order chi connectivity index (χ1) is 16.3. The third-order valence-corrected chi connectivity index (χ3v) is 7.12. The van der Waals surface area contributed by atoms with Crippen molar-refractivity contribution in [1.82, 2.24) is 0 Å². The van der Waals surface area contributed by atoms with E-state index in [0.29, 0.717) is 22.6 Å². The highest BCUT2D eigenvalue weighted by Gasteiger charge is 2.64. The van der Waals surface area contributed by atoms with Crippen LogP contribution in [0.4, 0.5) is 0 Å². The molecule has 2 aliphatic carbocycles. The summed E-state index contributed by atoms with van der Waals surface area (Å²) in [6.07, 6.45) is 1.89. The van der Waals surface area contributed by atoms with Crippen molar-refractivity contribution in [2.75, 3.05) is 13.2 Å². The summed E-state index contributed by atoms with van der Waals surface area (Å²) in [6, 6.07) is 14.0. The molecule has 0 heterocycles. The fourth-order valence-electron chi connectivity index (χ4n) is 5.17. The van der Waals surface area contributed by atoms with Gasteiger partial charge < -0.3 is 14.6 Å². The maximum Gasteiger partial charge on any atom is 0.339 e. The first kappa shape index (κ1) is 24.2. The molecule has 0 radical (unpaired) electrons. The minimum Gasteiger partial charge on any atom is -0.464 e. The molecule has 2 aromatic carbocycles. The molecule has 3 unspecified atom stereocenters. The lowest BCUT2D eigenvalue weighted by molar-refractivity contribution is -0.178. The van der Waals surface area contributed by atoms with Gasteiger partial charge in [0, 0.05) is 22.1 Å². The number of carbonyl (C=O) groups excluding carboxylic acids is 3. The third kappa shape index (κ3) is 3.85. The number of benzene rings is 2. The molecule has 0 fully saturated rings. The lowest BCUT2D eigenvalue weighted by atomic mass is 9.54. The van der Waals surface area contributed by atoms with Crippen molar-refractivity contribution in [3.8, 4) is 0 Å². The average Bonchev–Trinajstić information content (AvgIpc) is 2.83. The number of esters is 2. The van der Waals surface area contributed by atoms with E-state index >= 15 is 0 Å². The zero-order valence-electron chi connectivity index (χ0n) is 19.2. The van der Waals surface area contributed by atoms with Crippen LogP contribution < -0.4 is 0 Å². The van der Waals surface area contributed by atoms with Crippen molar-refractivity contribution in [3.63, 3.8) is 0 Å². The number of halogens is 1. The van der Waals surface area contributed by atoms with E-state index < -0.39 is 34.7 Å². The van der Waals surface area contributed by atoms with E-state index in [1.165, 1.54) is 6.08 Å². The summed E-state index contributed by atoms with van der Waals surface area (Å²) >= 11 is 6.06. The van der Waals surface area contributed by atoms with Crippen LogP contribution in [0.15, 0.2) is 60.2 Å². The van der Waals surface area contributed by atoms with Crippen molar-refractivity contribution < 1.29 is 29.0 Å². The van der Waals surface area contributed by atoms with Gasteiger partial charge in [0.2, 0.25) is 0 Å². The Hall–Kier alpha value is -2.96. The van der Waals surface area contributed by atoms with Crippen LogP contribution in [-0.2, 0) is 25.5 Å². The van der Waals surface area contributed by atoms with E-state index in [-0.39, 0.29) is 31.6 Å². The molecule has 178 valence electrons. The van der Waals surface area contributed by atoms with E-state index in [1.807, 2.05) is 12.1 Å². The molecule has 6 nitrogen and oxygen atoms in total. The van der Waals surface area contributed by atoms with Crippen LogP contribution in [0.2, 0.25) is 5.02 Å². The van der Waals surface area contributed by atoms with Gasteiger partial charge in [0.25, 0.3) is 0 Å². The number of hydrogen-bond acceptors (Lipinski definition) is 6. The van der Waals surface area contributed by atoms with Gasteiger partial charge in [-0.25, -0.2) is 9.59 Å². The summed E-state index contributed by atoms with van der Waals surface area (Å²) in [5.74, 6) is -2.55. The van der Waals surface area contributed by atoms with E-state index in [9.17, 15) is 19.5 Å². The van der Waals surface area contributed by atoms with Crippen LogP contribution in [0.3, 0.4) is 0 Å². The molecule has 1 N–H and O–H groups in total. The van der Waals surface area contributed by atoms with Crippen LogP contribution >= 0.6 is 11.6 Å². The molecular weight excluding hydrogens is 456 g/mol. The number of ketones is 1. The van der Waals surface area contributed by atoms with Crippen LogP contribution in [0, 0.1) is 5.41 Å². The standard InChI is InChI=1S/C27H27ClO6/c1-3-33-24(30)22-15-26(14-13-17-7-5-6-8-20(17)23(26)29)27(32,25(31)34-4-2)16-21(22)18-9-11-19(28)12-10-18/h5-12,15,21,32H,3-4,13-14,16H2,1-2H3. The van der Waals surface area contributed by atoms with Gasteiger partial charge in [0.05, 0.1) is 18.6 Å². The largest absolute Gasteiger partial charge is 0.464 e. The molecule has 0 aliphatic heterocycles. The summed E-state index contributed by atoms with van der Waals surface area (Å²) in [6.45, 7) is 3.54. The Morgan fingerprint density at radius 2 is 1.74 bits per heavy atom. The number of ether oxygens (including phenoxy) is 2. The first-order valence-electron chi connectivity index (χ1n) is 11.4. The molecule has 3 atom stereocenters. The zero-order valence-corrected chi connectivity index (χ0v) is 19.9. The van der Waals surface area contributed by atoms with E-state index in [0.717, 1.165) is 5.56 Å². The third-order valence-electron chi connectivity index (χ3n) is 6.87. The molecule has 0 bridgehead atoms. The molecule has 0 amide bonds. The molecule has 2 aromatic rings. The lowest BCUT2D eigenvalue weighted by Gasteiger charge is -2.49. The Morgan fingerprint density at radius 1 is 1.06 bits per heavy atom. The number of aliphatic hydroxyl groups is 1. The van der Waals surface area contributed by atoms with Crippen molar-refractivity contribution in [1.29, 1.82) is 0 Å². The normalized spacial score (nSPS) is 25.9. The molecule has 1 spiro atoms. The first-order valence-corrected chi connectivity index (χ1v) is 11.8. The molecule has 0 aromatic heterocycles. The van der Waals surface area contributed by atoms with Crippen LogP contribution in [0.25, 0.3) is 0 Å². The molecular formula is C27H27ClO6. The molecule has 0 saturated carbocycles. The maximum atomic E-state index is 13.9. The van der Waals surface area contributed by atoms with Gasteiger partial charge in [-0.3, -0.25) is 4.79 Å². The van der Waals surface area contributed by atoms with E-state index in [1.54, 1.807) is 50.2 Å². The van der Waals surface area contributed by atoms with E-state index in [4.69, 9.17) is 21.1 Å². The molecule has 2 aliphatic rings. The number of carbonyl (C=O) groups is 3. The topological polar surface area (TPSA) is 89.9 Å². The average molecular weight is 483 g/mol. The Bertz CT molecular complexity index is 1150. The second-order valence-electron chi connectivity index (χ2n) is 8.67. The molecule has 4 rings (SSSR count). The van der Waals surface area contributed by atoms with Gasteiger partial charge >= 0.3 is 11.9 Å². The SMILES string of the molecule is CCOC(=O)C1=CC2(CCc3ccccc3C2=O)C(O)(C(=O)OCC)CC1c1ccc(Cl)cc1. The summed E-state index contributed by atoms with van der Waals surface area (Å²) in [5.41, 5.74) is -1.64. The predicted octanol–water partition coefficient (Wildman–Crippen LogP) is 4.43. The number of hydrogen-bond donors (Lipinski definition) is 1. The zero-order chi connectivity index (χ0) is 24.5. The highest BCUT2D eigenvalue weighted by molar-refractivity contribution is 6.30. The highest BCUT2D eigenvalue weighted by Crippen LogP contribution is 2.55. The lowest BCUT2D eigenvalue weighted by Crippen LogP contribution is -2.62. The van der Waals surface area contributed by atoms with Crippen LogP contribution in [0.1, 0.15) is 54.1 Å². The highest BCUT2D eigenvalue weighted by atomic mass is 35.5. The predicted molar refractivity (Wildman–Crippen MR) is 127 cm³/mol. The summed E-state index contributed by atoms with van der Waals surface area (Å²) in [7, 11) is 0. The van der Waals surface area contributed by atoms with Crippen molar-refractivity contribution in [2.24, 2.45) is 5.41 Å². The Balaban J connectivity index is 1.95. The minimum absolute atomic E-state index is 0.0437. The molecule has 0 saturated heterocycles. The van der Waals surface area contributed by atoms with Gasteiger partial charge in [-0.2, -0.15) is 0 Å². The van der Waals surface area contributed by atoms with Crippen LogP contribution in [-0.4, -0.2) is 41.6 Å². The van der Waals surface area contributed by atoms with Gasteiger partial charge in [0.15, 0.2) is 11.4 Å². The van der Waals surface area contributed by atoms with Crippen molar-refractivity contribution >= 4 is 29.3 Å². The van der Waals surface area contributed by atoms with Gasteiger partial charge in [-0.05, 0) is 56.4 Å². The number of Topliss-reactive ketones (excluding diaryl/α,β-unsaturated/α-hetero) is 1. The molecule has 7 heteroatoms. The minimum atomic E-state index is -2.17. The second kappa shape index (κ2) is 9.35. The van der Waals surface area contributed by atoms with Gasteiger partial charge in [-0.1, -0.05) is 54.1 Å². The van der Waals surface area contributed by atoms with E-state index in [2.05, 4.69) is 0 Å². The summed E-state index contributed by atoms with van der Waals surface area (Å²) in [5, 5.41) is 12.6. The fraction of sp³-hybridized carbons (Fsp3) is 0.370. The summed E-state index contributed by atoms with van der Waals surface area (Å²) < 4.78 is 10.6. The molecule has 34 heavy (non-hydrogen) atoms. The summed E-state index contributed by atoms with van der Waals surface area (Å²) in [4.78, 5) is 40.4. The quantitative estimate of drug-likeness (QED) is 0.634. The fourth-order valence-corrected chi connectivity index (χ4v) is 5.30. The smallest absolute Gasteiger partial charge is 0.339 e. The number of fused-ring (bicyclic) bond motifs is 1. The second-order valence-corrected chi connectivity index (χ2v) is 9.10. The Labute approximate surface area is 203 Å². The Kier molecular flexibility index (Phi) is 6.65. The van der Waals surface area contributed by atoms with Gasteiger partial charge in [0.1, 0.15) is 0 Å².